The van der Waals surface area contributed by atoms with Crippen LogP contribution in [0.25, 0.3) is 10.9 Å². The molecule has 2 aromatic heterocycles. The maximum Gasteiger partial charge on any atom is 0.435 e. The zero-order valence-corrected chi connectivity index (χ0v) is 16.8. The Morgan fingerprint density at radius 2 is 2.07 bits per heavy atom. The number of hydrogen-bond acceptors (Lipinski definition) is 4. The van der Waals surface area contributed by atoms with Crippen LogP contribution in [0.4, 0.5) is 23.7 Å². The lowest BCUT2D eigenvalue weighted by Gasteiger charge is -2.21. The molecule has 3 aromatic rings. The Kier molecular flexibility index (Phi) is 5.89. The number of anilines is 1. The topological polar surface area (TPSA) is 87.6 Å². The van der Waals surface area contributed by atoms with E-state index in [4.69, 9.17) is 0 Å². The van der Waals surface area contributed by atoms with E-state index in [0.717, 1.165) is 49.1 Å². The van der Waals surface area contributed by atoms with Crippen molar-refractivity contribution >= 4 is 34.6 Å². The van der Waals surface area contributed by atoms with Crippen LogP contribution >= 0.6 is 11.9 Å². The van der Waals surface area contributed by atoms with Gasteiger partial charge in [-0.2, -0.15) is 23.4 Å². The third-order valence-corrected chi connectivity index (χ3v) is 6.29. The number of carbonyl (C=O) groups excluding carboxylic acids is 1. The van der Waals surface area contributed by atoms with E-state index < -0.39 is 17.9 Å². The molecule has 3 N–H and O–H groups in total. The lowest BCUT2D eigenvalue weighted by Crippen LogP contribution is -2.29. The first-order chi connectivity index (χ1) is 14.4. The van der Waals surface area contributed by atoms with Crippen LogP contribution in [0.2, 0.25) is 0 Å². The highest BCUT2D eigenvalue weighted by Gasteiger charge is 2.35. The third-order valence-electron chi connectivity index (χ3n) is 5.00. The predicted octanol–water partition coefficient (Wildman–Crippen LogP) is 4.93. The predicted molar refractivity (Wildman–Crippen MR) is 109 cm³/mol. The minimum atomic E-state index is -4.54. The summed E-state index contributed by atoms with van der Waals surface area (Å²) < 4.78 is 40.8. The van der Waals surface area contributed by atoms with Crippen molar-refractivity contribution in [3.05, 3.63) is 41.9 Å². The van der Waals surface area contributed by atoms with Crippen molar-refractivity contribution in [2.24, 2.45) is 0 Å². The van der Waals surface area contributed by atoms with Gasteiger partial charge in [0.2, 0.25) is 0 Å². The van der Waals surface area contributed by atoms with Gasteiger partial charge < -0.3 is 10.6 Å². The van der Waals surface area contributed by atoms with Crippen LogP contribution in [-0.2, 0) is 12.7 Å². The molecular weight excluding hydrogens is 417 g/mol. The minimum Gasteiger partial charge on any atom is -0.332 e. The number of carbonyl (C=O) groups is 1. The smallest absolute Gasteiger partial charge is 0.332 e. The summed E-state index contributed by atoms with van der Waals surface area (Å²) in [5.41, 5.74) is 0.671. The molecule has 1 saturated carbocycles. The molecule has 1 fully saturated rings. The molecular formula is C19H21F3N6OS. The standard InChI is InChI=1S/C19H21F3N6OS/c20-19(21,22)17-9-12(28(27-17)30-13-5-2-1-3-6-13)10-23-18(29)25-15-7-4-8-16-14(15)11-24-26-16/h4,7-9,11,13H,1-3,5-6,10H2,(H,24,26)(H2,23,25,29). The summed E-state index contributed by atoms with van der Waals surface area (Å²) in [6.07, 6.45) is 2.26. The molecule has 0 radical (unpaired) electrons. The van der Waals surface area contributed by atoms with E-state index in [9.17, 15) is 18.0 Å². The molecule has 7 nitrogen and oxygen atoms in total. The molecule has 30 heavy (non-hydrogen) atoms. The van der Waals surface area contributed by atoms with Crippen LogP contribution in [0.5, 0.6) is 0 Å². The number of H-pyrrole nitrogens is 1. The zero-order chi connectivity index (χ0) is 21.1. The Morgan fingerprint density at radius 3 is 2.83 bits per heavy atom. The number of benzene rings is 1. The van der Waals surface area contributed by atoms with Gasteiger partial charge in [-0.3, -0.25) is 5.10 Å². The second-order valence-electron chi connectivity index (χ2n) is 7.20. The van der Waals surface area contributed by atoms with Gasteiger partial charge in [0.25, 0.3) is 0 Å². The first-order valence-electron chi connectivity index (χ1n) is 9.70. The van der Waals surface area contributed by atoms with Crippen molar-refractivity contribution in [1.29, 1.82) is 0 Å². The van der Waals surface area contributed by atoms with Gasteiger partial charge in [-0.1, -0.05) is 25.3 Å². The van der Waals surface area contributed by atoms with Crippen LogP contribution in [0, 0.1) is 0 Å². The fourth-order valence-electron chi connectivity index (χ4n) is 3.48. The summed E-state index contributed by atoms with van der Waals surface area (Å²) in [6, 6.07) is 5.79. The van der Waals surface area contributed by atoms with Crippen LogP contribution in [0.1, 0.15) is 43.5 Å². The fourth-order valence-corrected chi connectivity index (χ4v) is 4.69. The number of amides is 2. The van der Waals surface area contributed by atoms with Gasteiger partial charge >= 0.3 is 12.2 Å². The van der Waals surface area contributed by atoms with Gasteiger partial charge in [-0.25, -0.2) is 8.88 Å². The highest BCUT2D eigenvalue weighted by Crippen LogP contribution is 2.33. The number of hydrogen-bond donors (Lipinski definition) is 3. The van der Waals surface area contributed by atoms with Gasteiger partial charge in [-0.15, -0.1) is 0 Å². The van der Waals surface area contributed by atoms with Crippen molar-refractivity contribution in [3.8, 4) is 0 Å². The SMILES string of the molecule is O=C(NCc1cc(C(F)(F)F)nn1SC1CCCCC1)Nc1cccc2[nH]ncc12. The highest BCUT2D eigenvalue weighted by molar-refractivity contribution is 7.98. The molecule has 2 heterocycles. The monoisotopic (exact) mass is 438 g/mol. The summed E-state index contributed by atoms with van der Waals surface area (Å²) in [5.74, 6) is 0. The number of nitrogens with zero attached hydrogens (tertiary/aromatic N) is 3. The lowest BCUT2D eigenvalue weighted by atomic mass is 10.0. The Bertz CT molecular complexity index is 1020. The van der Waals surface area contributed by atoms with E-state index in [1.165, 1.54) is 16.0 Å². The molecule has 1 aromatic carbocycles. The summed E-state index contributed by atoms with van der Waals surface area (Å²) in [7, 11) is 0. The first-order valence-corrected chi connectivity index (χ1v) is 10.5. The third kappa shape index (κ3) is 4.72. The Hall–Kier alpha value is -2.69. The number of aromatic amines is 1. The van der Waals surface area contributed by atoms with Gasteiger partial charge in [0, 0.05) is 10.6 Å². The van der Waals surface area contributed by atoms with E-state index in [1.807, 2.05) is 6.07 Å². The largest absolute Gasteiger partial charge is 0.435 e. The fraction of sp³-hybridized carbons (Fsp3) is 0.421. The molecule has 0 unspecified atom stereocenters. The number of alkyl halides is 3. The van der Waals surface area contributed by atoms with E-state index in [-0.39, 0.29) is 11.8 Å². The van der Waals surface area contributed by atoms with Gasteiger partial charge in [0.15, 0.2) is 5.69 Å². The van der Waals surface area contributed by atoms with Gasteiger partial charge in [0.1, 0.15) is 0 Å². The number of urea groups is 1. The van der Waals surface area contributed by atoms with Gasteiger partial charge in [0.05, 0.1) is 29.6 Å². The molecule has 0 saturated heterocycles. The summed E-state index contributed by atoms with van der Waals surface area (Å²) in [6.45, 7) is -0.0734. The Morgan fingerprint density at radius 1 is 1.27 bits per heavy atom. The van der Waals surface area contributed by atoms with Crippen LogP contribution in [-0.4, -0.2) is 30.7 Å². The average molecular weight is 438 g/mol. The number of halogens is 3. The highest BCUT2D eigenvalue weighted by atomic mass is 32.2. The molecule has 1 aliphatic rings. The molecule has 1 aliphatic carbocycles. The molecule has 0 spiro atoms. The van der Waals surface area contributed by atoms with Crippen molar-refractivity contribution in [3.63, 3.8) is 0 Å². The number of fused-ring (bicyclic) bond motifs is 1. The Balaban J connectivity index is 1.45. The van der Waals surface area contributed by atoms with Crippen LogP contribution < -0.4 is 10.6 Å². The molecule has 2 amide bonds. The van der Waals surface area contributed by atoms with E-state index in [1.54, 1.807) is 18.3 Å². The first kappa shape index (κ1) is 20.6. The van der Waals surface area contributed by atoms with Crippen LogP contribution in [0.3, 0.4) is 0 Å². The van der Waals surface area contributed by atoms with Crippen molar-refractivity contribution in [2.45, 2.75) is 50.1 Å². The second-order valence-corrected chi connectivity index (χ2v) is 8.42. The second kappa shape index (κ2) is 8.58. The summed E-state index contributed by atoms with van der Waals surface area (Å²) in [5, 5.41) is 16.8. The summed E-state index contributed by atoms with van der Waals surface area (Å²) >= 11 is 1.31. The maximum atomic E-state index is 13.2. The van der Waals surface area contributed by atoms with E-state index >= 15 is 0 Å². The average Bonchev–Trinajstić information content (AvgIpc) is 3.35. The van der Waals surface area contributed by atoms with Crippen LogP contribution in [0.15, 0.2) is 30.5 Å². The van der Waals surface area contributed by atoms with Crippen molar-refractivity contribution in [2.75, 3.05) is 5.32 Å². The number of nitrogens with one attached hydrogen (secondary N) is 3. The van der Waals surface area contributed by atoms with Gasteiger partial charge in [-0.05, 0) is 43.0 Å². The Labute approximate surface area is 174 Å². The zero-order valence-electron chi connectivity index (χ0n) is 16.0. The summed E-state index contributed by atoms with van der Waals surface area (Å²) in [4.78, 5) is 12.3. The minimum absolute atomic E-state index is 0.0734. The number of rotatable bonds is 5. The van der Waals surface area contributed by atoms with E-state index in [2.05, 4.69) is 25.9 Å². The normalized spacial score (nSPS) is 15.4. The lowest BCUT2D eigenvalue weighted by molar-refractivity contribution is -0.141. The van der Waals surface area contributed by atoms with E-state index in [0.29, 0.717) is 11.4 Å². The molecule has 0 atom stereocenters. The van der Waals surface area contributed by atoms with Crippen molar-refractivity contribution < 1.29 is 18.0 Å². The van der Waals surface area contributed by atoms with Crippen molar-refractivity contribution in [1.82, 2.24) is 24.7 Å². The molecule has 160 valence electrons. The molecule has 11 heteroatoms. The quantitative estimate of drug-likeness (QED) is 0.527. The molecule has 0 aliphatic heterocycles. The molecule has 0 bridgehead atoms. The number of aromatic nitrogens is 4. The maximum absolute atomic E-state index is 13.2. The molecule has 4 rings (SSSR count).